The average molecular weight is 615 g/mol. The Kier molecular flexibility index (Phi) is 8.89. The van der Waals surface area contributed by atoms with Gasteiger partial charge in [0.05, 0.1) is 28.5 Å². The number of nitrogens with zero attached hydrogens (tertiary/aromatic N) is 2. The van der Waals surface area contributed by atoms with Gasteiger partial charge in [-0.3, -0.25) is 9.36 Å². The molecular formula is C38H34N2O4S. The molecule has 1 aliphatic heterocycles. The lowest BCUT2D eigenvalue weighted by Gasteiger charge is -2.26. The van der Waals surface area contributed by atoms with Crippen LogP contribution in [0, 0.1) is 0 Å². The minimum absolute atomic E-state index is 0.207. The molecular weight excluding hydrogens is 580 g/mol. The van der Waals surface area contributed by atoms with Crippen molar-refractivity contribution in [1.82, 2.24) is 4.57 Å². The Morgan fingerprint density at radius 2 is 1.58 bits per heavy atom. The number of carbonyl (C=O) groups is 1. The van der Waals surface area contributed by atoms with E-state index < -0.39 is 12.0 Å². The number of rotatable bonds is 9. The molecule has 6 rings (SSSR count). The van der Waals surface area contributed by atoms with Gasteiger partial charge in [-0.2, -0.15) is 0 Å². The summed E-state index contributed by atoms with van der Waals surface area (Å²) in [6.07, 6.45) is 1.86. The summed E-state index contributed by atoms with van der Waals surface area (Å²) in [5.74, 6) is 0.600. The van der Waals surface area contributed by atoms with Crippen LogP contribution in [0.4, 0.5) is 0 Å². The summed E-state index contributed by atoms with van der Waals surface area (Å²) in [5.41, 5.74) is 5.37. The average Bonchev–Trinajstić information content (AvgIpc) is 3.38. The van der Waals surface area contributed by atoms with Crippen LogP contribution in [0.1, 0.15) is 60.5 Å². The normalized spacial score (nSPS) is 14.7. The first kappa shape index (κ1) is 30.0. The van der Waals surface area contributed by atoms with Crippen LogP contribution in [-0.4, -0.2) is 17.1 Å². The summed E-state index contributed by atoms with van der Waals surface area (Å²) in [6.45, 7) is 6.73. The zero-order valence-corrected chi connectivity index (χ0v) is 26.3. The van der Waals surface area contributed by atoms with E-state index in [0.29, 0.717) is 33.1 Å². The van der Waals surface area contributed by atoms with E-state index in [2.05, 4.69) is 26.0 Å². The zero-order chi connectivity index (χ0) is 31.3. The van der Waals surface area contributed by atoms with Gasteiger partial charge in [-0.15, -0.1) is 0 Å². The summed E-state index contributed by atoms with van der Waals surface area (Å²) in [4.78, 5) is 33.3. The highest BCUT2D eigenvalue weighted by Gasteiger charge is 2.35. The fourth-order valence-corrected chi connectivity index (χ4v) is 6.37. The highest BCUT2D eigenvalue weighted by atomic mass is 32.1. The predicted molar refractivity (Wildman–Crippen MR) is 179 cm³/mol. The largest absolute Gasteiger partial charge is 0.489 e. The fraction of sp³-hybridized carbons (Fsp3) is 0.184. The van der Waals surface area contributed by atoms with Gasteiger partial charge >= 0.3 is 5.97 Å². The van der Waals surface area contributed by atoms with Crippen LogP contribution in [0.25, 0.3) is 11.8 Å². The van der Waals surface area contributed by atoms with Crippen LogP contribution in [0.3, 0.4) is 0 Å². The van der Waals surface area contributed by atoms with Crippen LogP contribution >= 0.6 is 11.3 Å². The zero-order valence-electron chi connectivity index (χ0n) is 25.5. The standard InChI is InChI=1S/C38H34N2O4S/c1-4-43-37(42)33-34(29-13-9-6-10-14-29)39-38-40(35(33)30-19-17-28(18-20-30)25(2)3)36(41)32(45-38)23-26-15-21-31(22-16-26)44-24-27-11-7-5-8-12-27/h5-23,25,35H,4,24H2,1-3H3/b32-23-/t35-/m0/s1. The molecule has 1 atom stereocenters. The maximum atomic E-state index is 14.2. The summed E-state index contributed by atoms with van der Waals surface area (Å²) in [7, 11) is 0. The minimum atomic E-state index is -0.701. The molecule has 0 spiro atoms. The lowest BCUT2D eigenvalue weighted by Crippen LogP contribution is -2.40. The topological polar surface area (TPSA) is 69.9 Å². The summed E-state index contributed by atoms with van der Waals surface area (Å²) >= 11 is 1.31. The molecule has 4 aromatic carbocycles. The molecule has 45 heavy (non-hydrogen) atoms. The molecule has 0 unspecified atom stereocenters. The van der Waals surface area contributed by atoms with Crippen molar-refractivity contribution >= 4 is 29.1 Å². The molecule has 226 valence electrons. The third-order valence-corrected chi connectivity index (χ3v) is 8.70. The highest BCUT2D eigenvalue weighted by Crippen LogP contribution is 2.35. The number of ether oxygens (including phenoxy) is 2. The van der Waals surface area contributed by atoms with Gasteiger partial charge in [0.25, 0.3) is 5.56 Å². The highest BCUT2D eigenvalue weighted by molar-refractivity contribution is 7.07. The van der Waals surface area contributed by atoms with Crippen LogP contribution in [0.2, 0.25) is 0 Å². The number of aromatic nitrogens is 1. The van der Waals surface area contributed by atoms with Crippen molar-refractivity contribution in [3.05, 3.63) is 162 Å². The van der Waals surface area contributed by atoms with E-state index in [1.54, 1.807) is 11.5 Å². The molecule has 7 heteroatoms. The first-order chi connectivity index (χ1) is 21.9. The van der Waals surface area contributed by atoms with Gasteiger partial charge in [0.2, 0.25) is 0 Å². The maximum absolute atomic E-state index is 14.2. The molecule has 6 nitrogen and oxygen atoms in total. The molecule has 0 bridgehead atoms. The smallest absolute Gasteiger partial charge is 0.338 e. The maximum Gasteiger partial charge on any atom is 0.338 e. The van der Waals surface area contributed by atoms with Gasteiger partial charge in [-0.1, -0.05) is 122 Å². The number of thiazole rings is 1. The Balaban J connectivity index is 1.45. The van der Waals surface area contributed by atoms with Crippen molar-refractivity contribution in [3.63, 3.8) is 0 Å². The predicted octanol–water partition coefficient (Wildman–Crippen LogP) is 6.64. The molecule has 0 N–H and O–H groups in total. The van der Waals surface area contributed by atoms with Crippen LogP contribution in [0.5, 0.6) is 5.75 Å². The molecule has 0 saturated heterocycles. The Hall–Kier alpha value is -5.01. The number of benzene rings is 4. The number of hydrogen-bond donors (Lipinski definition) is 0. The Morgan fingerprint density at radius 3 is 2.22 bits per heavy atom. The van der Waals surface area contributed by atoms with Crippen molar-refractivity contribution in [2.45, 2.75) is 39.3 Å². The number of carbonyl (C=O) groups excluding carboxylic acids is 1. The first-order valence-corrected chi connectivity index (χ1v) is 15.9. The van der Waals surface area contributed by atoms with Crippen LogP contribution in [0.15, 0.2) is 125 Å². The molecule has 1 aliphatic rings. The molecule has 0 saturated carbocycles. The minimum Gasteiger partial charge on any atom is -0.489 e. The van der Waals surface area contributed by atoms with Crippen molar-refractivity contribution in [2.75, 3.05) is 6.61 Å². The van der Waals surface area contributed by atoms with Crippen LogP contribution in [-0.2, 0) is 16.1 Å². The molecule has 5 aromatic rings. The van der Waals surface area contributed by atoms with Gasteiger partial charge in [-0.25, -0.2) is 9.79 Å². The molecule has 2 heterocycles. The van der Waals surface area contributed by atoms with Gasteiger partial charge in [-0.05, 0) is 53.3 Å². The third kappa shape index (κ3) is 6.44. The quantitative estimate of drug-likeness (QED) is 0.175. The SMILES string of the molecule is CCOC(=O)C1=C(c2ccccc2)N=c2s/c(=C\c3ccc(OCc4ccccc4)cc3)c(=O)n2[C@H]1c1ccc(C(C)C)cc1. The monoisotopic (exact) mass is 614 g/mol. The first-order valence-electron chi connectivity index (χ1n) is 15.1. The summed E-state index contributed by atoms with van der Waals surface area (Å²) in [6, 6.07) is 34.7. The van der Waals surface area contributed by atoms with E-state index in [0.717, 1.165) is 28.0 Å². The van der Waals surface area contributed by atoms with Gasteiger partial charge in [0.1, 0.15) is 12.4 Å². The van der Waals surface area contributed by atoms with Crippen molar-refractivity contribution < 1.29 is 14.3 Å². The van der Waals surface area contributed by atoms with E-state index in [-0.39, 0.29) is 12.2 Å². The number of esters is 1. The van der Waals surface area contributed by atoms with E-state index in [4.69, 9.17) is 14.5 Å². The second-order valence-corrected chi connectivity index (χ2v) is 12.1. The van der Waals surface area contributed by atoms with E-state index in [1.165, 1.54) is 16.9 Å². The molecule has 0 radical (unpaired) electrons. The van der Waals surface area contributed by atoms with Gasteiger partial charge < -0.3 is 9.47 Å². The van der Waals surface area contributed by atoms with E-state index in [1.807, 2.05) is 103 Å². The molecule has 0 aliphatic carbocycles. The molecule has 0 fully saturated rings. The lowest BCUT2D eigenvalue weighted by molar-refractivity contribution is -0.138. The van der Waals surface area contributed by atoms with Crippen molar-refractivity contribution in [1.29, 1.82) is 0 Å². The lowest BCUT2D eigenvalue weighted by atomic mass is 9.91. The van der Waals surface area contributed by atoms with Crippen molar-refractivity contribution in [2.24, 2.45) is 4.99 Å². The second-order valence-electron chi connectivity index (χ2n) is 11.1. The molecule has 0 amide bonds. The molecule has 1 aromatic heterocycles. The Labute approximate surface area is 266 Å². The second kappa shape index (κ2) is 13.3. The Bertz CT molecular complexity index is 2010. The van der Waals surface area contributed by atoms with E-state index in [9.17, 15) is 9.59 Å². The number of hydrogen-bond acceptors (Lipinski definition) is 6. The van der Waals surface area contributed by atoms with Gasteiger partial charge in [0.15, 0.2) is 4.80 Å². The van der Waals surface area contributed by atoms with Crippen molar-refractivity contribution in [3.8, 4) is 5.75 Å². The Morgan fingerprint density at radius 1 is 0.911 bits per heavy atom. The summed E-state index contributed by atoms with van der Waals surface area (Å²) in [5, 5.41) is 0. The number of fused-ring (bicyclic) bond motifs is 1. The van der Waals surface area contributed by atoms with Crippen LogP contribution < -0.4 is 19.6 Å². The third-order valence-electron chi connectivity index (χ3n) is 7.72. The summed E-state index contributed by atoms with van der Waals surface area (Å²) < 4.78 is 13.7. The fourth-order valence-electron chi connectivity index (χ4n) is 5.37. The van der Waals surface area contributed by atoms with E-state index >= 15 is 0 Å². The van der Waals surface area contributed by atoms with Gasteiger partial charge in [0, 0.05) is 5.56 Å².